The molecule has 0 saturated carbocycles. The number of esters is 2. The Hall–Kier alpha value is -9.08. The Morgan fingerprint density at radius 3 is 2.06 bits per heavy atom. The number of ketones is 1. The molecule has 6 aromatic heterocycles. The summed E-state index contributed by atoms with van der Waals surface area (Å²) in [6.45, 7) is 6.87. The minimum atomic E-state index is -4.98. The molecule has 0 saturated heterocycles. The van der Waals surface area contributed by atoms with Gasteiger partial charge in [0.1, 0.15) is 22.7 Å². The number of halogens is 8. The van der Waals surface area contributed by atoms with E-state index in [0.29, 0.717) is 44.3 Å². The van der Waals surface area contributed by atoms with Crippen LogP contribution in [0.1, 0.15) is 88.5 Å². The number of hydrogen-bond donors (Lipinski definition) is 3. The number of pyridine rings is 2. The fourth-order valence-electron chi connectivity index (χ4n) is 8.82. The molecule has 0 aliphatic heterocycles. The molecule has 0 radical (unpaired) electrons. The van der Waals surface area contributed by atoms with Gasteiger partial charge in [-0.25, -0.2) is 54.2 Å². The van der Waals surface area contributed by atoms with Crippen molar-refractivity contribution in [3.8, 4) is 35.3 Å². The van der Waals surface area contributed by atoms with Crippen molar-refractivity contribution in [2.45, 2.75) is 86.5 Å². The van der Waals surface area contributed by atoms with Gasteiger partial charge in [0.25, 0.3) is 21.7 Å². The van der Waals surface area contributed by atoms with Crippen LogP contribution in [0.15, 0.2) is 99.9 Å². The zero-order valence-electron chi connectivity index (χ0n) is 56.7. The van der Waals surface area contributed by atoms with Gasteiger partial charge in [-0.3, -0.25) is 14.6 Å². The average molecular weight is 1660 g/mol. The Balaban J connectivity index is 0.000000249. The Morgan fingerprint density at radius 1 is 0.769 bits per heavy atom. The Bertz CT molecular complexity index is 4990. The van der Waals surface area contributed by atoms with E-state index >= 15 is 0 Å². The van der Waals surface area contributed by atoms with Crippen LogP contribution in [0.25, 0.3) is 21.4 Å². The van der Waals surface area contributed by atoms with Gasteiger partial charge in [0.2, 0.25) is 39.3 Å². The van der Waals surface area contributed by atoms with Gasteiger partial charge in [-0.15, -0.1) is 5.10 Å². The molecule has 0 aliphatic carbocycles. The molecule has 554 valence electrons. The first-order valence-corrected chi connectivity index (χ1v) is 35.5. The summed E-state index contributed by atoms with van der Waals surface area (Å²) in [6, 6.07) is 13.5. The van der Waals surface area contributed by atoms with Crippen molar-refractivity contribution in [2.24, 2.45) is 7.05 Å². The van der Waals surface area contributed by atoms with E-state index in [9.17, 15) is 75.9 Å². The summed E-state index contributed by atoms with van der Waals surface area (Å²) < 4.78 is 195. The number of ether oxygens (including phenoxy) is 7. The van der Waals surface area contributed by atoms with Gasteiger partial charge in [0.05, 0.1) is 84.9 Å². The number of aromatic hydroxyl groups is 1. The number of carbonyl (C=O) groups is 4. The summed E-state index contributed by atoms with van der Waals surface area (Å²) in [4.78, 5) is 72.9. The Morgan fingerprint density at radius 2 is 1.46 bits per heavy atom. The van der Waals surface area contributed by atoms with Crippen LogP contribution >= 0.6 is 34.2 Å². The second-order valence-corrected chi connectivity index (χ2v) is 27.7. The maximum absolute atomic E-state index is 13.3. The van der Waals surface area contributed by atoms with E-state index in [1.54, 1.807) is 18.3 Å². The maximum atomic E-state index is 13.3. The summed E-state index contributed by atoms with van der Waals surface area (Å²) in [5, 5.41) is 21.1. The number of benzene rings is 3. The predicted octanol–water partition coefficient (Wildman–Crippen LogP) is 7.11. The molecular weight excluding hydrogens is 1600 g/mol. The molecule has 1 unspecified atom stereocenters. The van der Waals surface area contributed by atoms with Crippen LogP contribution in [0, 0.1) is 17.4 Å². The number of amides is 2. The topological polar surface area (TPSA) is 419 Å². The molecule has 0 fully saturated rings. The first-order chi connectivity index (χ1) is 48.2. The number of sulfone groups is 1. The molecule has 0 bridgehead atoms. The number of aryl methyl sites for hydroxylation is 3. The second kappa shape index (κ2) is 36.6. The van der Waals surface area contributed by atoms with Crippen LogP contribution in [0.4, 0.5) is 43.0 Å². The third-order valence-corrected chi connectivity index (χ3v) is 18.3. The number of unbranched alkanes of at least 4 members (excludes halogenated alkanes) is 2. The Labute approximate surface area is 629 Å². The van der Waals surface area contributed by atoms with Crippen molar-refractivity contribution >= 4 is 116 Å². The smallest absolute Gasteiger partial charge is 0.493 e. The first-order valence-electron chi connectivity index (χ1n) is 29.2. The number of rotatable bonds is 22. The summed E-state index contributed by atoms with van der Waals surface area (Å²) in [7, 11) is -6.04. The van der Waals surface area contributed by atoms with Crippen molar-refractivity contribution in [3.63, 3.8) is 0 Å². The van der Waals surface area contributed by atoms with Crippen molar-refractivity contribution in [1.29, 1.82) is 0 Å². The summed E-state index contributed by atoms with van der Waals surface area (Å²) in [5.41, 5.74) is -2.85. The zero-order valence-corrected chi connectivity index (χ0v) is 64.1. The average Bonchev–Trinajstić information content (AvgIpc) is 0.982. The Kier molecular flexibility index (Phi) is 30.1. The predicted molar refractivity (Wildman–Crippen MR) is 361 cm³/mol. The molecule has 104 heavy (non-hydrogen) atoms. The number of nitrogens with zero attached hydrogens (tertiary/aromatic N) is 12. The van der Waals surface area contributed by atoms with E-state index in [-0.39, 0.29) is 100 Å². The summed E-state index contributed by atoms with van der Waals surface area (Å²) >= 11 is 8.00. The van der Waals surface area contributed by atoms with Crippen LogP contribution in [0.5, 0.6) is 35.3 Å². The normalized spacial score (nSPS) is 11.7. The van der Waals surface area contributed by atoms with Gasteiger partial charge in [-0.1, -0.05) is 31.4 Å². The molecule has 3 aromatic carbocycles. The maximum Gasteiger partial charge on any atom is 1.00 e. The number of carbonyl (C=O) groups excluding carboxylic acids is 4. The molecule has 2 amide bonds. The molecular formula is C60H61ClF6IN14NaO18S3. The van der Waals surface area contributed by atoms with Crippen LogP contribution in [-0.4, -0.2) is 163 Å². The van der Waals surface area contributed by atoms with Gasteiger partial charge in [-0.2, -0.15) is 55.9 Å². The quantitative estimate of drug-likeness (QED) is 0.0152. The van der Waals surface area contributed by atoms with Crippen LogP contribution in [0.3, 0.4) is 0 Å². The molecule has 0 spiro atoms. The number of hydrogen-bond acceptors (Lipinski definition) is 27. The first kappa shape index (κ1) is 85.6. The van der Waals surface area contributed by atoms with Crippen molar-refractivity contribution in [3.05, 3.63) is 138 Å². The third kappa shape index (κ3) is 22.5. The van der Waals surface area contributed by atoms with Crippen molar-refractivity contribution in [2.75, 3.05) is 58.5 Å². The summed E-state index contributed by atoms with van der Waals surface area (Å²) in [6.07, 6.45) is -2.42. The molecule has 44 heteroatoms. The van der Waals surface area contributed by atoms with E-state index in [4.69, 9.17) is 40.0 Å². The number of anilines is 2. The standard InChI is InChI=1S/C18H22ClNO3.C14H13F3N6O5S.C14H13F3N2O4S.C14H14IN5O6S.Na/c1-3-4-5-7-13(2)23-17(21)12-22-16-10-9-15(19)14-8-6-11-20-18(14)16;1-26-8-6-9(27-2)23-13(19-8)20-12(21-23)22-29(24,25)10-7(14(15,16)17)4-5-18-11(10)28-3;1-7-11(13(21)19(2)18-7)12(20)9-5-4-8(14(15,16)17)6-10(9)24(3,22)23;1-7-16-12(19-14(17-7)26-3)18-13(22)20-27(23,24)10-6-8(15)4-5-9(10)11(21)25-2;/h6,8-11,13H,3-5,7,12H2,1-2H3;4-6H,1-3H3,(H,21,22);4-6,21H,1-3H3;4-6H,1-3H3,(H2,16,17,18,19,20,22);/q;;;;+1/p-1. The zero-order chi connectivity index (χ0) is 76.7. The van der Waals surface area contributed by atoms with E-state index in [1.165, 1.54) is 66.5 Å². The number of aromatic nitrogens is 11. The van der Waals surface area contributed by atoms with Gasteiger partial charge in [0.15, 0.2) is 33.3 Å². The van der Waals surface area contributed by atoms with E-state index in [1.807, 2.05) is 46.4 Å². The fraction of sp³-hybridized carbons (Fsp3) is 0.317. The largest absolute Gasteiger partial charge is 1.00 e. The van der Waals surface area contributed by atoms with E-state index < -0.39 is 109 Å². The molecule has 0 aliphatic rings. The molecule has 1 atom stereocenters. The number of methoxy groups -OCH3 is 5. The SMILES string of the molecule is CCCCCC(C)OC(=O)COc1ccc(Cl)c2cccnc12.COC(=O)c1ccc(I)cc1S(=O)(=O)[N-]C(=O)Nc1nc(C)nc(OC)n1.COc1cc(OC)n2nc(NS(=O)(=O)c3c(C(F)(F)F)ccnc3OC)nc2n1.Cc1nn(C)c(O)c1C(=O)c1ccc(C(F)(F)F)cc1S(C)(=O)=O.[Na+]. The number of sulfonamides is 2. The molecule has 9 aromatic rings. The molecule has 6 heterocycles. The minimum Gasteiger partial charge on any atom is -0.493 e. The van der Waals surface area contributed by atoms with Crippen LogP contribution < -0.4 is 63.3 Å². The number of urea groups is 1. The molecule has 3 N–H and O–H groups in total. The van der Waals surface area contributed by atoms with Crippen molar-refractivity contribution in [1.82, 2.24) is 54.3 Å². The number of nitrogens with one attached hydrogen (secondary N) is 2. The number of alkyl halides is 6. The summed E-state index contributed by atoms with van der Waals surface area (Å²) in [5.74, 6) is -3.35. The number of fused-ring (bicyclic) bond motifs is 2. The van der Waals surface area contributed by atoms with Gasteiger partial charge in [-0.05, 0) is 123 Å². The van der Waals surface area contributed by atoms with Crippen molar-refractivity contribution < 1.29 is 139 Å². The van der Waals surface area contributed by atoms with Crippen LogP contribution in [0.2, 0.25) is 5.02 Å². The minimum absolute atomic E-state index is 0. The van der Waals surface area contributed by atoms with Crippen LogP contribution in [-0.2, 0) is 63.6 Å². The van der Waals surface area contributed by atoms with Gasteiger partial charge < -0.3 is 48.3 Å². The van der Waals surface area contributed by atoms with Gasteiger partial charge in [0, 0.05) is 40.2 Å². The monoisotopic (exact) mass is 1660 g/mol. The molecule has 9 rings (SSSR count). The van der Waals surface area contributed by atoms with Gasteiger partial charge >= 0.3 is 59.9 Å². The van der Waals surface area contributed by atoms with E-state index in [2.05, 4.69) is 66.8 Å². The third-order valence-electron chi connectivity index (χ3n) is 13.4. The van der Waals surface area contributed by atoms with E-state index in [0.717, 1.165) is 66.7 Å². The fourth-order valence-corrected chi connectivity index (χ4v) is 13.0. The molecule has 32 nitrogen and oxygen atoms in total. The second-order valence-electron chi connectivity index (χ2n) is 20.9.